The molecule has 1 heterocycles. The maximum Gasteiger partial charge on any atom is 0.0597 e. The second-order valence-corrected chi connectivity index (χ2v) is 4.74. The number of hydrogen-bond donors (Lipinski definition) is 0. The normalized spacial score (nSPS) is 19.3. The van der Waals surface area contributed by atoms with Gasteiger partial charge in [-0.25, -0.2) is 0 Å². The minimum absolute atomic E-state index is 0.173. The van der Waals surface area contributed by atoms with Crippen LogP contribution in [-0.4, -0.2) is 24.5 Å². The summed E-state index contributed by atoms with van der Waals surface area (Å²) in [6.45, 7) is 3.67. The molecule has 0 bridgehead atoms. The van der Waals surface area contributed by atoms with Gasteiger partial charge < -0.3 is 4.90 Å². The number of hydrogen-bond acceptors (Lipinski definition) is 1. The number of alkyl halides is 1. The molecule has 0 amide bonds. The Kier molecular flexibility index (Phi) is 4.04. The molecule has 1 aliphatic rings. The van der Waals surface area contributed by atoms with Crippen molar-refractivity contribution in [2.24, 2.45) is 0 Å². The van der Waals surface area contributed by atoms with Gasteiger partial charge in [0.15, 0.2) is 0 Å². The predicted molar refractivity (Wildman–Crippen MR) is 65.3 cm³/mol. The molecule has 1 aliphatic heterocycles. The summed E-state index contributed by atoms with van der Waals surface area (Å²) in [6, 6.07) is 10.4. The van der Waals surface area contributed by atoms with E-state index in [4.69, 9.17) is 11.6 Å². The smallest absolute Gasteiger partial charge is 0.0597 e. The fourth-order valence-electron chi connectivity index (χ4n) is 2.13. The molecule has 82 valence electrons. The summed E-state index contributed by atoms with van der Waals surface area (Å²) in [5.41, 5.74) is 1.25. The molecule has 15 heavy (non-hydrogen) atoms. The first kappa shape index (κ1) is 11.0. The lowest BCUT2D eigenvalue weighted by Gasteiger charge is -2.17. The van der Waals surface area contributed by atoms with Gasteiger partial charge in [0.25, 0.3) is 0 Å². The number of benzene rings is 1. The van der Waals surface area contributed by atoms with Crippen LogP contribution in [0.4, 0.5) is 0 Å². The van der Waals surface area contributed by atoms with Crippen LogP contribution in [0.3, 0.4) is 0 Å². The highest BCUT2D eigenvalue weighted by Crippen LogP contribution is 2.24. The number of nitrogens with zero attached hydrogens (tertiary/aromatic N) is 1. The standard InChI is InChI=1S/C13H18ClN/c14-13(12-6-2-1-3-7-12)8-11-15-9-4-5-10-15/h1-3,6-7,13H,4-5,8-11H2/t13-/m1/s1. The maximum absolute atomic E-state index is 6.36. The van der Waals surface area contributed by atoms with E-state index in [0.717, 1.165) is 13.0 Å². The summed E-state index contributed by atoms with van der Waals surface area (Å²) < 4.78 is 0. The highest BCUT2D eigenvalue weighted by molar-refractivity contribution is 6.20. The summed E-state index contributed by atoms with van der Waals surface area (Å²) >= 11 is 6.36. The predicted octanol–water partition coefficient (Wildman–Crippen LogP) is 3.45. The minimum Gasteiger partial charge on any atom is -0.303 e. The average molecular weight is 224 g/mol. The monoisotopic (exact) mass is 223 g/mol. The highest BCUT2D eigenvalue weighted by Gasteiger charge is 2.14. The van der Waals surface area contributed by atoms with Crippen molar-refractivity contribution in [3.8, 4) is 0 Å². The lowest BCUT2D eigenvalue weighted by atomic mass is 10.1. The Bertz CT molecular complexity index is 280. The Labute approximate surface area is 97.0 Å². The Balaban J connectivity index is 1.79. The molecule has 1 saturated heterocycles. The average Bonchev–Trinajstić information content (AvgIpc) is 2.80. The molecule has 0 spiro atoms. The number of halogens is 1. The van der Waals surface area contributed by atoms with Gasteiger partial charge in [-0.05, 0) is 44.5 Å². The van der Waals surface area contributed by atoms with E-state index in [2.05, 4.69) is 29.2 Å². The molecule has 2 rings (SSSR count). The van der Waals surface area contributed by atoms with Crippen molar-refractivity contribution >= 4 is 11.6 Å². The van der Waals surface area contributed by atoms with Crippen molar-refractivity contribution in [3.05, 3.63) is 35.9 Å². The van der Waals surface area contributed by atoms with Crippen LogP contribution in [0.5, 0.6) is 0 Å². The van der Waals surface area contributed by atoms with Crippen LogP contribution in [0.2, 0.25) is 0 Å². The summed E-state index contributed by atoms with van der Waals surface area (Å²) in [5, 5.41) is 0.173. The zero-order chi connectivity index (χ0) is 10.5. The molecule has 1 fully saturated rings. The van der Waals surface area contributed by atoms with Crippen molar-refractivity contribution in [1.82, 2.24) is 4.90 Å². The zero-order valence-corrected chi connectivity index (χ0v) is 9.79. The molecule has 1 atom stereocenters. The quantitative estimate of drug-likeness (QED) is 0.707. The van der Waals surface area contributed by atoms with E-state index in [-0.39, 0.29) is 5.38 Å². The molecule has 0 aliphatic carbocycles. The van der Waals surface area contributed by atoms with Gasteiger partial charge in [-0.1, -0.05) is 30.3 Å². The van der Waals surface area contributed by atoms with Gasteiger partial charge in [0.05, 0.1) is 5.38 Å². The molecular weight excluding hydrogens is 206 g/mol. The van der Waals surface area contributed by atoms with E-state index in [9.17, 15) is 0 Å². The molecule has 0 unspecified atom stereocenters. The fraction of sp³-hybridized carbons (Fsp3) is 0.538. The van der Waals surface area contributed by atoms with E-state index < -0.39 is 0 Å². The number of likely N-dealkylation sites (tertiary alicyclic amines) is 1. The Morgan fingerprint density at radius 3 is 2.47 bits per heavy atom. The second kappa shape index (κ2) is 5.53. The minimum atomic E-state index is 0.173. The summed E-state index contributed by atoms with van der Waals surface area (Å²) in [5.74, 6) is 0. The first-order chi connectivity index (χ1) is 7.36. The molecule has 2 heteroatoms. The van der Waals surface area contributed by atoms with E-state index in [1.54, 1.807) is 0 Å². The lowest BCUT2D eigenvalue weighted by Crippen LogP contribution is -2.21. The largest absolute Gasteiger partial charge is 0.303 e. The SMILES string of the molecule is Cl[C@H](CCN1CCCC1)c1ccccc1. The van der Waals surface area contributed by atoms with Crippen LogP contribution in [0, 0.1) is 0 Å². The van der Waals surface area contributed by atoms with Crippen molar-refractivity contribution in [3.63, 3.8) is 0 Å². The molecule has 0 radical (unpaired) electrons. The third-order valence-electron chi connectivity index (χ3n) is 3.06. The van der Waals surface area contributed by atoms with Crippen LogP contribution >= 0.6 is 11.6 Å². The van der Waals surface area contributed by atoms with Gasteiger partial charge in [0, 0.05) is 0 Å². The van der Waals surface area contributed by atoms with Crippen LogP contribution < -0.4 is 0 Å². The third-order valence-corrected chi connectivity index (χ3v) is 3.53. The van der Waals surface area contributed by atoms with E-state index in [1.807, 2.05) is 6.07 Å². The Morgan fingerprint density at radius 2 is 1.80 bits per heavy atom. The fourth-order valence-corrected chi connectivity index (χ4v) is 2.37. The molecule has 1 aromatic rings. The van der Waals surface area contributed by atoms with Gasteiger partial charge in [0.1, 0.15) is 0 Å². The van der Waals surface area contributed by atoms with Crippen LogP contribution in [0.25, 0.3) is 0 Å². The molecule has 1 nitrogen and oxygen atoms in total. The summed E-state index contributed by atoms with van der Waals surface area (Å²) in [6.07, 6.45) is 3.78. The second-order valence-electron chi connectivity index (χ2n) is 4.22. The van der Waals surface area contributed by atoms with Crippen LogP contribution in [0.15, 0.2) is 30.3 Å². The van der Waals surface area contributed by atoms with Crippen LogP contribution in [-0.2, 0) is 0 Å². The first-order valence-corrected chi connectivity index (χ1v) is 6.21. The van der Waals surface area contributed by atoms with Crippen molar-refractivity contribution < 1.29 is 0 Å². The summed E-state index contributed by atoms with van der Waals surface area (Å²) in [4.78, 5) is 2.51. The molecular formula is C13H18ClN. The molecule has 0 saturated carbocycles. The first-order valence-electron chi connectivity index (χ1n) is 5.77. The van der Waals surface area contributed by atoms with Crippen molar-refractivity contribution in [2.75, 3.05) is 19.6 Å². The van der Waals surface area contributed by atoms with E-state index >= 15 is 0 Å². The lowest BCUT2D eigenvalue weighted by molar-refractivity contribution is 0.332. The third kappa shape index (κ3) is 3.22. The maximum atomic E-state index is 6.36. The topological polar surface area (TPSA) is 3.24 Å². The van der Waals surface area contributed by atoms with Crippen molar-refractivity contribution in [1.29, 1.82) is 0 Å². The van der Waals surface area contributed by atoms with Crippen LogP contribution in [0.1, 0.15) is 30.2 Å². The van der Waals surface area contributed by atoms with Gasteiger partial charge >= 0.3 is 0 Å². The van der Waals surface area contributed by atoms with Gasteiger partial charge in [0.2, 0.25) is 0 Å². The van der Waals surface area contributed by atoms with E-state index in [1.165, 1.54) is 31.5 Å². The Hall–Kier alpha value is -0.530. The van der Waals surface area contributed by atoms with Gasteiger partial charge in [-0.2, -0.15) is 0 Å². The number of rotatable bonds is 4. The molecule has 1 aromatic carbocycles. The van der Waals surface area contributed by atoms with E-state index in [0.29, 0.717) is 0 Å². The van der Waals surface area contributed by atoms with Gasteiger partial charge in [-0.3, -0.25) is 0 Å². The van der Waals surface area contributed by atoms with Crippen molar-refractivity contribution in [2.45, 2.75) is 24.6 Å². The Morgan fingerprint density at radius 1 is 1.13 bits per heavy atom. The van der Waals surface area contributed by atoms with Gasteiger partial charge in [-0.15, -0.1) is 11.6 Å². The summed E-state index contributed by atoms with van der Waals surface area (Å²) in [7, 11) is 0. The zero-order valence-electron chi connectivity index (χ0n) is 9.03. The highest BCUT2D eigenvalue weighted by atomic mass is 35.5. The molecule has 0 N–H and O–H groups in total. The molecule has 0 aromatic heterocycles.